The quantitative estimate of drug-likeness (QED) is 0.209. The highest BCUT2D eigenvalue weighted by Gasteiger charge is 2.31. The number of rotatable bonds is 13. The minimum Gasteiger partial charge on any atom is -0.489 e. The highest BCUT2D eigenvalue weighted by molar-refractivity contribution is 5.90. The molecule has 0 bridgehead atoms. The number of hydrogen-bond donors (Lipinski definition) is 3. The predicted octanol–water partition coefficient (Wildman–Crippen LogP) is 6.11. The fraction of sp³-hybridized carbons (Fsp3) is 0.400. The second-order valence-corrected chi connectivity index (χ2v) is 12.1. The lowest BCUT2D eigenvalue weighted by Crippen LogP contribution is -2.55. The van der Waals surface area contributed by atoms with Gasteiger partial charge in [-0.1, -0.05) is 86.6 Å². The summed E-state index contributed by atoms with van der Waals surface area (Å²) in [5.41, 5.74) is 2.10. The Kier molecular flexibility index (Phi) is 12.2. The van der Waals surface area contributed by atoms with E-state index in [0.29, 0.717) is 18.8 Å². The number of esters is 1. The molecule has 3 rings (SSSR count). The van der Waals surface area contributed by atoms with Gasteiger partial charge >= 0.3 is 12.0 Å². The lowest BCUT2D eigenvalue weighted by Gasteiger charge is -2.27. The van der Waals surface area contributed by atoms with Crippen molar-refractivity contribution in [3.05, 3.63) is 102 Å². The highest BCUT2D eigenvalue weighted by atomic mass is 16.6. The van der Waals surface area contributed by atoms with E-state index < -0.39 is 35.6 Å². The van der Waals surface area contributed by atoms with Gasteiger partial charge < -0.3 is 25.4 Å². The fourth-order valence-electron chi connectivity index (χ4n) is 4.46. The second kappa shape index (κ2) is 15.8. The van der Waals surface area contributed by atoms with Crippen molar-refractivity contribution in [1.82, 2.24) is 16.0 Å². The molecule has 0 spiro atoms. The topological polar surface area (TPSA) is 106 Å². The molecule has 8 nitrogen and oxygen atoms in total. The van der Waals surface area contributed by atoms with E-state index in [2.05, 4.69) is 16.0 Å². The summed E-state index contributed by atoms with van der Waals surface area (Å²) in [5.74, 6) is -0.181. The summed E-state index contributed by atoms with van der Waals surface area (Å²) < 4.78 is 11.5. The molecule has 43 heavy (non-hydrogen) atoms. The average molecular weight is 588 g/mol. The molecule has 3 aromatic rings. The molecule has 0 saturated heterocycles. The first kappa shape index (κ1) is 33.2. The molecule has 0 aromatic heterocycles. The summed E-state index contributed by atoms with van der Waals surface area (Å²) in [6.45, 7) is 11.6. The second-order valence-electron chi connectivity index (χ2n) is 12.1. The van der Waals surface area contributed by atoms with Crippen LogP contribution in [0.3, 0.4) is 0 Å². The monoisotopic (exact) mass is 587 g/mol. The predicted molar refractivity (Wildman–Crippen MR) is 168 cm³/mol. The number of carbonyl (C=O) groups excluding carboxylic acids is 3. The Bertz CT molecular complexity index is 1300. The Hall–Kier alpha value is -4.33. The van der Waals surface area contributed by atoms with Crippen LogP contribution in [0.5, 0.6) is 5.75 Å². The molecule has 0 saturated carbocycles. The normalized spacial score (nSPS) is 13.4. The van der Waals surface area contributed by atoms with Crippen molar-refractivity contribution in [3.63, 3.8) is 0 Å². The maximum absolute atomic E-state index is 13.5. The molecular weight excluding hydrogens is 542 g/mol. The van der Waals surface area contributed by atoms with Crippen LogP contribution in [0.15, 0.2) is 84.9 Å². The van der Waals surface area contributed by atoms with Gasteiger partial charge in [0.2, 0.25) is 5.91 Å². The Morgan fingerprint density at radius 3 is 1.91 bits per heavy atom. The van der Waals surface area contributed by atoms with Crippen LogP contribution in [0.25, 0.3) is 0 Å². The number of hydrogen-bond acceptors (Lipinski definition) is 5. The van der Waals surface area contributed by atoms with E-state index in [-0.39, 0.29) is 18.4 Å². The minimum absolute atomic E-state index is 0.117. The van der Waals surface area contributed by atoms with Gasteiger partial charge in [-0.3, -0.25) is 4.79 Å². The first-order valence-electron chi connectivity index (χ1n) is 14.8. The zero-order chi connectivity index (χ0) is 31.4. The van der Waals surface area contributed by atoms with E-state index in [4.69, 9.17) is 9.47 Å². The van der Waals surface area contributed by atoms with Crippen molar-refractivity contribution >= 4 is 17.9 Å². The molecule has 0 radical (unpaired) electrons. The first-order chi connectivity index (χ1) is 20.4. The molecule has 0 aliphatic rings. The molecule has 0 aliphatic carbocycles. The minimum atomic E-state index is -0.953. The third kappa shape index (κ3) is 11.8. The van der Waals surface area contributed by atoms with Gasteiger partial charge in [-0.15, -0.1) is 0 Å². The number of nitrogens with one attached hydrogen (secondary N) is 3. The number of urea groups is 1. The zero-order valence-electron chi connectivity index (χ0n) is 26.1. The molecule has 0 fully saturated rings. The summed E-state index contributed by atoms with van der Waals surface area (Å²) in [6.07, 6.45) is 0.610. The zero-order valence-corrected chi connectivity index (χ0v) is 26.1. The van der Waals surface area contributed by atoms with Crippen LogP contribution >= 0.6 is 0 Å². The Morgan fingerprint density at radius 2 is 1.33 bits per heavy atom. The summed E-state index contributed by atoms with van der Waals surface area (Å²) in [6, 6.07) is 24.4. The summed E-state index contributed by atoms with van der Waals surface area (Å²) in [7, 11) is 0. The number of amides is 3. The van der Waals surface area contributed by atoms with Crippen LogP contribution in [0, 0.1) is 5.92 Å². The van der Waals surface area contributed by atoms with Gasteiger partial charge in [0.25, 0.3) is 0 Å². The van der Waals surface area contributed by atoms with Crippen molar-refractivity contribution < 1.29 is 23.9 Å². The van der Waals surface area contributed by atoms with Gasteiger partial charge in [0.05, 0.1) is 6.04 Å². The van der Waals surface area contributed by atoms with Crippen molar-refractivity contribution in [2.75, 3.05) is 0 Å². The summed E-state index contributed by atoms with van der Waals surface area (Å²) >= 11 is 0. The lowest BCUT2D eigenvalue weighted by atomic mass is 10.0. The van der Waals surface area contributed by atoms with Crippen LogP contribution < -0.4 is 20.7 Å². The van der Waals surface area contributed by atoms with Crippen molar-refractivity contribution in [2.45, 2.75) is 84.7 Å². The van der Waals surface area contributed by atoms with Crippen molar-refractivity contribution in [3.8, 4) is 5.75 Å². The third-order valence-electron chi connectivity index (χ3n) is 6.60. The Labute approximate surface area is 255 Å². The van der Waals surface area contributed by atoms with Gasteiger partial charge in [-0.2, -0.15) is 0 Å². The van der Waals surface area contributed by atoms with Gasteiger partial charge in [0.1, 0.15) is 30.0 Å². The molecule has 0 heterocycles. The first-order valence-corrected chi connectivity index (χ1v) is 14.8. The van der Waals surface area contributed by atoms with Crippen LogP contribution in [-0.4, -0.2) is 35.6 Å². The largest absolute Gasteiger partial charge is 0.489 e. The molecule has 3 aromatic carbocycles. The van der Waals surface area contributed by atoms with Gasteiger partial charge in [0, 0.05) is 6.42 Å². The van der Waals surface area contributed by atoms with Gasteiger partial charge in [0.15, 0.2) is 0 Å². The smallest absolute Gasteiger partial charge is 0.329 e. The van der Waals surface area contributed by atoms with Crippen molar-refractivity contribution in [2.24, 2.45) is 5.92 Å². The lowest BCUT2D eigenvalue weighted by molar-refractivity contribution is -0.158. The number of ether oxygens (including phenoxy) is 2. The molecule has 0 aliphatic heterocycles. The molecule has 3 unspecified atom stereocenters. The standard InChI is InChI=1S/C35H45N3O5/c1-24(2)21-30(38-34(41)36-25(3)28-15-11-8-12-16-28)32(39)37-31(33(40)43-35(4,5)6)22-26-17-19-29(20-18-26)42-23-27-13-9-7-10-14-27/h7-20,24-25,30-31H,21-23H2,1-6H3,(H,37,39)(H2,36,38,41). The fourth-order valence-corrected chi connectivity index (χ4v) is 4.46. The number of benzene rings is 3. The Balaban J connectivity index is 1.69. The highest BCUT2D eigenvalue weighted by Crippen LogP contribution is 2.18. The van der Waals surface area contributed by atoms with Crippen LogP contribution in [0.2, 0.25) is 0 Å². The average Bonchev–Trinajstić information content (AvgIpc) is 2.96. The molecule has 230 valence electrons. The van der Waals surface area contributed by atoms with E-state index in [0.717, 1.165) is 16.7 Å². The molecule has 3 atom stereocenters. The van der Waals surface area contributed by atoms with E-state index in [1.54, 1.807) is 20.8 Å². The van der Waals surface area contributed by atoms with Crippen LogP contribution in [-0.2, 0) is 27.4 Å². The maximum Gasteiger partial charge on any atom is 0.329 e. The van der Waals surface area contributed by atoms with Gasteiger partial charge in [-0.25, -0.2) is 9.59 Å². The van der Waals surface area contributed by atoms with Gasteiger partial charge in [-0.05, 0) is 68.9 Å². The molecule has 3 N–H and O–H groups in total. The van der Waals surface area contributed by atoms with E-state index in [1.165, 1.54) is 0 Å². The summed E-state index contributed by atoms with van der Waals surface area (Å²) in [4.78, 5) is 39.7. The van der Waals surface area contributed by atoms with E-state index in [9.17, 15) is 14.4 Å². The van der Waals surface area contributed by atoms with Crippen LogP contribution in [0.4, 0.5) is 4.79 Å². The van der Waals surface area contributed by atoms with Crippen LogP contribution in [0.1, 0.15) is 70.7 Å². The van der Waals surface area contributed by atoms with E-state index >= 15 is 0 Å². The summed E-state index contributed by atoms with van der Waals surface area (Å²) in [5, 5.41) is 8.56. The number of carbonyl (C=O) groups is 3. The SMILES string of the molecule is CC(C)CC(NC(=O)NC(C)c1ccccc1)C(=O)NC(Cc1ccc(OCc2ccccc2)cc1)C(=O)OC(C)(C)C. The maximum atomic E-state index is 13.5. The molecular formula is C35H45N3O5. The van der Waals surface area contributed by atoms with E-state index in [1.807, 2.05) is 106 Å². The third-order valence-corrected chi connectivity index (χ3v) is 6.60. The molecule has 3 amide bonds. The Morgan fingerprint density at radius 1 is 0.721 bits per heavy atom. The molecule has 8 heteroatoms. The van der Waals surface area contributed by atoms with Crippen molar-refractivity contribution in [1.29, 1.82) is 0 Å².